The van der Waals surface area contributed by atoms with Crippen molar-refractivity contribution in [1.29, 1.82) is 0 Å². The quantitative estimate of drug-likeness (QED) is 0.817. The topological polar surface area (TPSA) is 117 Å². The molecular formula is C12H16N2O6S. The van der Waals surface area contributed by atoms with Crippen molar-refractivity contribution < 1.29 is 27.5 Å². The second-order valence-corrected chi connectivity index (χ2v) is 6.64. The molecule has 0 atom stereocenters. The SMILES string of the molecule is Cc1oc(C)c(S(=O)(=O)N2CCCNC(=O)C2)c1C(=O)O. The zero-order valence-electron chi connectivity index (χ0n) is 11.7. The highest BCUT2D eigenvalue weighted by atomic mass is 32.2. The van der Waals surface area contributed by atoms with Gasteiger partial charge in [-0.3, -0.25) is 4.79 Å². The van der Waals surface area contributed by atoms with E-state index in [9.17, 15) is 23.1 Å². The van der Waals surface area contributed by atoms with Crippen LogP contribution in [0.5, 0.6) is 0 Å². The molecule has 0 spiro atoms. The summed E-state index contributed by atoms with van der Waals surface area (Å²) in [4.78, 5) is 22.4. The third-order valence-corrected chi connectivity index (χ3v) is 5.24. The van der Waals surface area contributed by atoms with E-state index in [1.165, 1.54) is 13.8 Å². The summed E-state index contributed by atoms with van der Waals surface area (Å²) in [6.45, 7) is 2.99. The minimum Gasteiger partial charge on any atom is -0.478 e. The van der Waals surface area contributed by atoms with E-state index >= 15 is 0 Å². The summed E-state index contributed by atoms with van der Waals surface area (Å²) in [6, 6.07) is 0. The Morgan fingerprint density at radius 3 is 2.62 bits per heavy atom. The van der Waals surface area contributed by atoms with Crippen LogP contribution in [0.15, 0.2) is 9.31 Å². The monoisotopic (exact) mass is 316 g/mol. The molecule has 1 aromatic rings. The molecule has 21 heavy (non-hydrogen) atoms. The molecule has 0 bridgehead atoms. The number of carbonyl (C=O) groups is 2. The number of furan rings is 1. The molecule has 0 unspecified atom stereocenters. The number of hydrogen-bond acceptors (Lipinski definition) is 5. The fraction of sp³-hybridized carbons (Fsp3) is 0.500. The van der Waals surface area contributed by atoms with E-state index in [2.05, 4.69) is 5.32 Å². The molecule has 1 amide bonds. The number of nitrogens with one attached hydrogen (secondary N) is 1. The fourth-order valence-electron chi connectivity index (χ4n) is 2.33. The summed E-state index contributed by atoms with van der Waals surface area (Å²) in [5, 5.41) is 11.8. The molecular weight excluding hydrogens is 300 g/mol. The first-order valence-corrected chi connectivity index (χ1v) is 7.79. The van der Waals surface area contributed by atoms with Crippen LogP contribution in [0.4, 0.5) is 0 Å². The first kappa shape index (κ1) is 15.5. The van der Waals surface area contributed by atoms with Crippen molar-refractivity contribution in [3.05, 3.63) is 17.1 Å². The molecule has 8 nitrogen and oxygen atoms in total. The Labute approximate surface area is 121 Å². The molecule has 9 heteroatoms. The fourth-order valence-corrected chi connectivity index (χ4v) is 4.14. The van der Waals surface area contributed by atoms with Gasteiger partial charge in [0.15, 0.2) is 0 Å². The number of hydrogen-bond donors (Lipinski definition) is 2. The molecule has 1 aliphatic rings. The third-order valence-electron chi connectivity index (χ3n) is 3.24. The van der Waals surface area contributed by atoms with Crippen LogP contribution in [-0.4, -0.2) is 49.3 Å². The van der Waals surface area contributed by atoms with Gasteiger partial charge in [-0.1, -0.05) is 0 Å². The summed E-state index contributed by atoms with van der Waals surface area (Å²) in [6.07, 6.45) is 0.462. The highest BCUT2D eigenvalue weighted by Gasteiger charge is 2.36. The van der Waals surface area contributed by atoms with Gasteiger partial charge in [-0.15, -0.1) is 0 Å². The van der Waals surface area contributed by atoms with E-state index in [0.29, 0.717) is 13.0 Å². The predicted octanol–water partition coefficient (Wildman–Crippen LogP) is 0.105. The Hall–Kier alpha value is -1.87. The number of rotatable bonds is 3. The van der Waals surface area contributed by atoms with Gasteiger partial charge in [0.1, 0.15) is 22.0 Å². The molecule has 0 radical (unpaired) electrons. The summed E-state index contributed by atoms with van der Waals surface area (Å²) in [5.74, 6) is -1.75. The highest BCUT2D eigenvalue weighted by molar-refractivity contribution is 7.89. The molecule has 116 valence electrons. The maximum atomic E-state index is 12.7. The zero-order valence-corrected chi connectivity index (χ0v) is 12.5. The lowest BCUT2D eigenvalue weighted by Gasteiger charge is -2.18. The maximum absolute atomic E-state index is 12.7. The lowest BCUT2D eigenvalue weighted by molar-refractivity contribution is -0.120. The average molecular weight is 316 g/mol. The smallest absolute Gasteiger partial charge is 0.340 e. The van der Waals surface area contributed by atoms with Crippen LogP contribution in [0.3, 0.4) is 0 Å². The van der Waals surface area contributed by atoms with Gasteiger partial charge in [0.2, 0.25) is 15.9 Å². The van der Waals surface area contributed by atoms with E-state index in [-0.39, 0.29) is 35.1 Å². The molecule has 2 N–H and O–H groups in total. The summed E-state index contributed by atoms with van der Waals surface area (Å²) in [5.41, 5.74) is -0.378. The van der Waals surface area contributed by atoms with Gasteiger partial charge in [0.05, 0.1) is 6.54 Å². The molecule has 0 aromatic carbocycles. The Morgan fingerprint density at radius 1 is 1.33 bits per heavy atom. The zero-order chi connectivity index (χ0) is 15.8. The lowest BCUT2D eigenvalue weighted by atomic mass is 10.2. The van der Waals surface area contributed by atoms with Crippen LogP contribution in [0.25, 0.3) is 0 Å². The number of sulfonamides is 1. The van der Waals surface area contributed by atoms with E-state index < -0.39 is 21.9 Å². The number of aromatic carboxylic acids is 1. The van der Waals surface area contributed by atoms with Crippen LogP contribution in [-0.2, 0) is 14.8 Å². The standard InChI is InChI=1S/C12H16N2O6S/c1-7-10(12(16)17)11(8(2)20-7)21(18,19)14-5-3-4-13-9(15)6-14/h3-6H2,1-2H3,(H,13,15)(H,16,17). The molecule has 0 saturated carbocycles. The maximum Gasteiger partial charge on any atom is 0.340 e. The Balaban J connectivity index is 2.54. The van der Waals surface area contributed by atoms with Gasteiger partial charge in [-0.25, -0.2) is 13.2 Å². The number of carboxylic acid groups (broad SMARTS) is 1. The van der Waals surface area contributed by atoms with Crippen molar-refractivity contribution in [2.75, 3.05) is 19.6 Å². The van der Waals surface area contributed by atoms with Gasteiger partial charge in [-0.05, 0) is 20.3 Å². The first-order chi connectivity index (χ1) is 9.75. The minimum absolute atomic E-state index is 0.00885. The minimum atomic E-state index is -4.11. The van der Waals surface area contributed by atoms with Crippen LogP contribution in [0, 0.1) is 13.8 Å². The van der Waals surface area contributed by atoms with E-state index in [1.54, 1.807) is 0 Å². The first-order valence-electron chi connectivity index (χ1n) is 6.35. The van der Waals surface area contributed by atoms with Crippen molar-refractivity contribution in [1.82, 2.24) is 9.62 Å². The second-order valence-electron chi connectivity index (χ2n) is 4.77. The van der Waals surface area contributed by atoms with Crippen LogP contribution >= 0.6 is 0 Å². The second kappa shape index (κ2) is 5.49. The molecule has 2 heterocycles. The van der Waals surface area contributed by atoms with Crippen molar-refractivity contribution in [3.8, 4) is 0 Å². The van der Waals surface area contributed by atoms with Crippen molar-refractivity contribution in [3.63, 3.8) is 0 Å². The van der Waals surface area contributed by atoms with Gasteiger partial charge in [0, 0.05) is 13.1 Å². The van der Waals surface area contributed by atoms with Gasteiger partial charge < -0.3 is 14.8 Å². The van der Waals surface area contributed by atoms with Gasteiger partial charge in [-0.2, -0.15) is 4.31 Å². The third kappa shape index (κ3) is 2.79. The Bertz CT molecular complexity index is 691. The molecule has 1 fully saturated rings. The Kier molecular flexibility index (Phi) is 4.06. The van der Waals surface area contributed by atoms with Crippen molar-refractivity contribution in [2.24, 2.45) is 0 Å². The number of carboxylic acids is 1. The van der Waals surface area contributed by atoms with Gasteiger partial charge >= 0.3 is 5.97 Å². The number of carbonyl (C=O) groups excluding carboxylic acids is 1. The summed E-state index contributed by atoms with van der Waals surface area (Å²) < 4.78 is 31.5. The van der Waals surface area contributed by atoms with Crippen LogP contribution < -0.4 is 5.32 Å². The predicted molar refractivity (Wildman–Crippen MR) is 71.5 cm³/mol. The largest absolute Gasteiger partial charge is 0.478 e. The van der Waals surface area contributed by atoms with Crippen molar-refractivity contribution in [2.45, 2.75) is 25.2 Å². The molecule has 1 saturated heterocycles. The van der Waals surface area contributed by atoms with E-state index in [0.717, 1.165) is 4.31 Å². The van der Waals surface area contributed by atoms with E-state index in [1.807, 2.05) is 0 Å². The average Bonchev–Trinajstić information content (AvgIpc) is 2.55. The molecule has 1 aromatic heterocycles. The summed E-state index contributed by atoms with van der Waals surface area (Å²) in [7, 11) is -4.11. The Morgan fingerprint density at radius 2 is 2.00 bits per heavy atom. The molecule has 1 aliphatic heterocycles. The molecule has 2 rings (SSSR count). The number of aryl methyl sites for hydroxylation is 2. The number of nitrogens with zero attached hydrogens (tertiary/aromatic N) is 1. The molecule has 0 aliphatic carbocycles. The van der Waals surface area contributed by atoms with Crippen LogP contribution in [0.1, 0.15) is 28.3 Å². The van der Waals surface area contributed by atoms with Crippen molar-refractivity contribution >= 4 is 21.9 Å². The van der Waals surface area contributed by atoms with E-state index in [4.69, 9.17) is 4.42 Å². The summed E-state index contributed by atoms with van der Waals surface area (Å²) >= 11 is 0. The highest BCUT2D eigenvalue weighted by Crippen LogP contribution is 2.29. The number of amides is 1. The normalized spacial score (nSPS) is 17.3. The van der Waals surface area contributed by atoms with Crippen LogP contribution in [0.2, 0.25) is 0 Å². The van der Waals surface area contributed by atoms with Gasteiger partial charge in [0.25, 0.3) is 0 Å². The lowest BCUT2D eigenvalue weighted by Crippen LogP contribution is -2.38.